The van der Waals surface area contributed by atoms with E-state index in [1.54, 1.807) is 43.4 Å². The number of carbonyl (C=O) groups is 2. The van der Waals surface area contributed by atoms with Crippen LogP contribution in [0, 0.1) is 0 Å². The highest BCUT2D eigenvalue weighted by molar-refractivity contribution is 7.80. The van der Waals surface area contributed by atoms with Gasteiger partial charge in [-0.1, -0.05) is 17.7 Å². The molecule has 2 N–H and O–H groups in total. The second-order valence-electron chi connectivity index (χ2n) is 6.75. The summed E-state index contributed by atoms with van der Waals surface area (Å²) in [6.07, 6.45) is 0.465. The molecule has 1 aliphatic heterocycles. The van der Waals surface area contributed by atoms with E-state index in [9.17, 15) is 9.59 Å². The van der Waals surface area contributed by atoms with Crippen molar-refractivity contribution >= 4 is 46.4 Å². The number of ether oxygens (including phenoxy) is 2. The molecule has 2 aromatic rings. The monoisotopic (exact) mass is 447 g/mol. The second-order valence-corrected chi connectivity index (χ2v) is 7.55. The summed E-state index contributed by atoms with van der Waals surface area (Å²) in [7, 11) is 3.15. The third-order valence-electron chi connectivity index (χ3n) is 4.89. The average Bonchev–Trinajstić information content (AvgIpc) is 2.95. The first-order chi connectivity index (χ1) is 14.3. The predicted molar refractivity (Wildman–Crippen MR) is 119 cm³/mol. The van der Waals surface area contributed by atoms with Gasteiger partial charge in [-0.15, -0.1) is 0 Å². The van der Waals surface area contributed by atoms with Gasteiger partial charge in [0.1, 0.15) is 6.04 Å². The number of primary amides is 1. The molecule has 0 unspecified atom stereocenters. The lowest BCUT2D eigenvalue weighted by Crippen LogP contribution is -2.39. The summed E-state index contributed by atoms with van der Waals surface area (Å²) in [5.41, 5.74) is 6.97. The number of methoxy groups -OCH3 is 2. The molecule has 1 saturated heterocycles. The first-order valence-corrected chi connectivity index (χ1v) is 10.0. The lowest BCUT2D eigenvalue weighted by molar-refractivity contribution is -0.125. The molecule has 0 spiro atoms. The van der Waals surface area contributed by atoms with Crippen molar-refractivity contribution < 1.29 is 19.1 Å². The Morgan fingerprint density at radius 1 is 1.13 bits per heavy atom. The van der Waals surface area contributed by atoms with E-state index in [4.69, 9.17) is 39.0 Å². The van der Waals surface area contributed by atoms with Crippen LogP contribution >= 0.6 is 23.8 Å². The van der Waals surface area contributed by atoms with Crippen LogP contribution in [-0.4, -0.2) is 48.6 Å². The van der Waals surface area contributed by atoms with Crippen molar-refractivity contribution in [2.24, 2.45) is 5.73 Å². The summed E-state index contributed by atoms with van der Waals surface area (Å²) in [6, 6.07) is 11.7. The number of halogens is 1. The summed E-state index contributed by atoms with van der Waals surface area (Å²) < 4.78 is 10.6. The van der Waals surface area contributed by atoms with E-state index in [1.807, 2.05) is 18.2 Å². The number of carbonyl (C=O) groups excluding carboxylic acids is 2. The van der Waals surface area contributed by atoms with Crippen LogP contribution in [0.3, 0.4) is 0 Å². The van der Waals surface area contributed by atoms with Crippen molar-refractivity contribution in [1.82, 2.24) is 4.90 Å². The smallest absolute Gasteiger partial charge is 0.256 e. The van der Waals surface area contributed by atoms with Gasteiger partial charge in [0.05, 0.1) is 26.3 Å². The van der Waals surface area contributed by atoms with Crippen molar-refractivity contribution in [3.63, 3.8) is 0 Å². The third-order valence-corrected chi connectivity index (χ3v) is 5.56. The summed E-state index contributed by atoms with van der Waals surface area (Å²) >= 11 is 11.5. The van der Waals surface area contributed by atoms with Crippen LogP contribution < -0.4 is 20.1 Å². The van der Waals surface area contributed by atoms with Gasteiger partial charge >= 0.3 is 0 Å². The highest BCUT2D eigenvalue weighted by Gasteiger charge is 2.43. The van der Waals surface area contributed by atoms with E-state index in [-0.39, 0.29) is 12.3 Å². The number of benzene rings is 2. The average molecular weight is 448 g/mol. The molecular weight excluding hydrogens is 426 g/mol. The van der Waals surface area contributed by atoms with Gasteiger partial charge in [0.15, 0.2) is 16.6 Å². The Balaban J connectivity index is 1.84. The lowest BCUT2D eigenvalue weighted by Gasteiger charge is -2.23. The van der Waals surface area contributed by atoms with Gasteiger partial charge < -0.3 is 20.1 Å². The minimum Gasteiger partial charge on any atom is -0.493 e. The maximum Gasteiger partial charge on any atom is 0.256 e. The number of rotatable bonds is 8. The Labute approximate surface area is 185 Å². The maximum atomic E-state index is 13.1. The van der Waals surface area contributed by atoms with Gasteiger partial charge in [-0.2, -0.15) is 0 Å². The van der Waals surface area contributed by atoms with E-state index in [2.05, 4.69) is 0 Å². The zero-order valence-corrected chi connectivity index (χ0v) is 18.2. The molecule has 1 atom stereocenters. The quantitative estimate of drug-likeness (QED) is 0.626. The van der Waals surface area contributed by atoms with Crippen LogP contribution in [0.25, 0.3) is 0 Å². The molecular formula is C21H22ClN3O4S. The molecule has 0 aliphatic carbocycles. The van der Waals surface area contributed by atoms with Crippen molar-refractivity contribution in [1.29, 1.82) is 0 Å². The fourth-order valence-corrected chi connectivity index (χ4v) is 3.93. The molecule has 1 heterocycles. The highest BCUT2D eigenvalue weighted by atomic mass is 35.5. The molecule has 30 heavy (non-hydrogen) atoms. The molecule has 7 nitrogen and oxygen atoms in total. The van der Waals surface area contributed by atoms with Crippen molar-refractivity contribution in [3.05, 3.63) is 53.1 Å². The summed E-state index contributed by atoms with van der Waals surface area (Å²) in [4.78, 5) is 27.8. The number of nitrogens with zero attached hydrogens (tertiary/aromatic N) is 2. The molecule has 3 rings (SSSR count). The molecule has 0 bridgehead atoms. The van der Waals surface area contributed by atoms with Crippen LogP contribution in [0.1, 0.15) is 12.0 Å². The molecule has 2 aromatic carbocycles. The largest absolute Gasteiger partial charge is 0.493 e. The van der Waals surface area contributed by atoms with E-state index in [1.165, 1.54) is 4.90 Å². The maximum absolute atomic E-state index is 13.1. The Morgan fingerprint density at radius 3 is 2.40 bits per heavy atom. The van der Waals surface area contributed by atoms with E-state index in [0.717, 1.165) is 5.56 Å². The molecule has 9 heteroatoms. The summed E-state index contributed by atoms with van der Waals surface area (Å²) in [5.74, 6) is 0.402. The van der Waals surface area contributed by atoms with Gasteiger partial charge in [-0.25, -0.2) is 0 Å². The van der Waals surface area contributed by atoms with Gasteiger partial charge in [-0.3, -0.25) is 14.5 Å². The first-order valence-electron chi connectivity index (χ1n) is 9.25. The SMILES string of the molecule is COc1ccc(CCN2C(=S)N(c3ccc(Cl)cc3)C(=O)[C@@H]2CC(N)=O)cc1OC. The van der Waals surface area contributed by atoms with Crippen LogP contribution in [0.15, 0.2) is 42.5 Å². The van der Waals surface area contributed by atoms with Crippen LogP contribution in [0.5, 0.6) is 11.5 Å². The predicted octanol–water partition coefficient (Wildman–Crippen LogP) is 2.78. The molecule has 0 saturated carbocycles. The molecule has 1 aliphatic rings. The minimum atomic E-state index is -0.745. The number of amides is 2. The molecule has 158 valence electrons. The molecule has 2 amide bonds. The number of nitrogens with two attached hydrogens (primary N) is 1. The first kappa shape index (κ1) is 21.9. The number of anilines is 1. The normalized spacial score (nSPS) is 16.2. The molecule has 0 aromatic heterocycles. The third kappa shape index (κ3) is 4.49. The van der Waals surface area contributed by atoms with E-state index in [0.29, 0.717) is 40.3 Å². The summed E-state index contributed by atoms with van der Waals surface area (Å²) in [6.45, 7) is 0.433. The Morgan fingerprint density at radius 2 is 1.80 bits per heavy atom. The van der Waals surface area contributed by atoms with Gasteiger partial charge in [-0.05, 0) is 60.6 Å². The van der Waals surface area contributed by atoms with Crippen molar-refractivity contribution in [2.45, 2.75) is 18.9 Å². The number of hydrogen-bond acceptors (Lipinski definition) is 5. The van der Waals surface area contributed by atoms with Gasteiger partial charge in [0.25, 0.3) is 5.91 Å². The Kier molecular flexibility index (Phi) is 6.79. The van der Waals surface area contributed by atoms with Crippen molar-refractivity contribution in [2.75, 3.05) is 25.7 Å². The zero-order valence-electron chi connectivity index (χ0n) is 16.6. The fourth-order valence-electron chi connectivity index (χ4n) is 3.39. The fraction of sp³-hybridized carbons (Fsp3) is 0.286. The van der Waals surface area contributed by atoms with Crippen LogP contribution in [0.4, 0.5) is 5.69 Å². The van der Waals surface area contributed by atoms with Gasteiger partial charge in [0, 0.05) is 11.6 Å². The van der Waals surface area contributed by atoms with E-state index < -0.39 is 11.9 Å². The molecule has 0 radical (unpaired) electrons. The zero-order chi connectivity index (χ0) is 21.8. The Hall–Kier alpha value is -2.84. The standard InChI is InChI=1S/C21H22ClN3O4S/c1-28-17-8-3-13(11-18(17)29-2)9-10-24-16(12-19(23)26)20(27)25(21(24)30)15-6-4-14(22)5-7-15/h3-8,11,16H,9-10,12H2,1-2H3,(H2,23,26)/t16-/m0/s1. The van der Waals surface area contributed by atoms with E-state index >= 15 is 0 Å². The highest BCUT2D eigenvalue weighted by Crippen LogP contribution is 2.30. The van der Waals surface area contributed by atoms with Gasteiger partial charge in [0.2, 0.25) is 5.91 Å². The second kappa shape index (κ2) is 9.32. The minimum absolute atomic E-state index is 0.116. The van der Waals surface area contributed by atoms with Crippen LogP contribution in [-0.2, 0) is 16.0 Å². The number of thiocarbonyl (C=S) groups is 1. The Bertz CT molecular complexity index is 967. The topological polar surface area (TPSA) is 85.1 Å². The summed E-state index contributed by atoms with van der Waals surface area (Å²) in [5, 5.41) is 0.879. The van der Waals surface area contributed by atoms with Crippen LogP contribution in [0.2, 0.25) is 5.02 Å². The lowest BCUT2D eigenvalue weighted by atomic mass is 10.1. The molecule has 1 fully saturated rings. The van der Waals surface area contributed by atoms with Crippen molar-refractivity contribution in [3.8, 4) is 11.5 Å². The number of hydrogen-bond donors (Lipinski definition) is 1.